The Morgan fingerprint density at radius 2 is 2.29 bits per heavy atom. The largest absolute Gasteiger partial charge is 0.337 e. The van der Waals surface area contributed by atoms with Crippen LogP contribution in [-0.2, 0) is 9.59 Å². The molecule has 3 rings (SSSR count). The number of hydrogen-bond acceptors (Lipinski definition) is 5. The summed E-state index contributed by atoms with van der Waals surface area (Å²) in [5.74, 6) is -0.218. The first-order chi connectivity index (χ1) is 10.2. The quantitative estimate of drug-likeness (QED) is 0.945. The number of likely N-dealkylation sites (tertiary alicyclic amines) is 1. The molecule has 1 saturated heterocycles. The number of anilines is 1. The minimum absolute atomic E-state index is 0.0669. The van der Waals surface area contributed by atoms with E-state index in [0.29, 0.717) is 18.0 Å². The lowest BCUT2D eigenvalue weighted by molar-refractivity contribution is -0.140. The van der Waals surface area contributed by atoms with Gasteiger partial charge in [-0.15, -0.1) is 22.7 Å². The molecular weight excluding hydrogens is 306 g/mol. The average Bonchev–Trinajstić information content (AvgIpc) is 3.14. The van der Waals surface area contributed by atoms with Gasteiger partial charge in [-0.25, -0.2) is 4.98 Å². The van der Waals surface area contributed by atoms with Crippen LogP contribution < -0.4 is 5.32 Å². The van der Waals surface area contributed by atoms with Crippen LogP contribution in [0.3, 0.4) is 0 Å². The van der Waals surface area contributed by atoms with Gasteiger partial charge in [0.15, 0.2) is 5.13 Å². The molecule has 21 heavy (non-hydrogen) atoms. The number of hydrogen-bond donors (Lipinski definition) is 1. The lowest BCUT2D eigenvalue weighted by Gasteiger charge is -2.37. The standard InChI is InChI=1S/C14H15N3O2S2/c1-17-11(18)5-4-9(12(17)10-3-2-7-20-10)13(19)16-14-15-6-8-21-14/h2-3,6-9,12H,4-5H2,1H3,(H,15,16,19)/t9-,12-/m0/s1. The molecule has 2 atom stereocenters. The Morgan fingerprint density at radius 1 is 1.43 bits per heavy atom. The number of piperidine rings is 1. The maximum Gasteiger partial charge on any atom is 0.231 e. The van der Waals surface area contributed by atoms with Crippen LogP contribution >= 0.6 is 22.7 Å². The summed E-state index contributed by atoms with van der Waals surface area (Å²) in [7, 11) is 1.77. The highest BCUT2D eigenvalue weighted by Gasteiger charge is 2.39. The fourth-order valence-electron chi connectivity index (χ4n) is 2.64. The molecule has 0 aliphatic carbocycles. The monoisotopic (exact) mass is 321 g/mol. The van der Waals surface area contributed by atoms with Crippen LogP contribution in [0.2, 0.25) is 0 Å². The number of aromatic nitrogens is 1. The molecule has 110 valence electrons. The van der Waals surface area contributed by atoms with E-state index >= 15 is 0 Å². The van der Waals surface area contributed by atoms with Crippen molar-refractivity contribution in [2.45, 2.75) is 18.9 Å². The lowest BCUT2D eigenvalue weighted by Crippen LogP contribution is -2.44. The Morgan fingerprint density at radius 3 is 2.95 bits per heavy atom. The third-order valence-corrected chi connectivity index (χ3v) is 5.33. The van der Waals surface area contributed by atoms with Crippen LogP contribution in [0.15, 0.2) is 29.1 Å². The number of rotatable bonds is 3. The molecule has 2 aromatic heterocycles. The van der Waals surface area contributed by atoms with E-state index in [4.69, 9.17) is 0 Å². The fraction of sp³-hybridized carbons (Fsp3) is 0.357. The van der Waals surface area contributed by atoms with Crippen molar-refractivity contribution in [1.29, 1.82) is 0 Å². The third-order valence-electron chi connectivity index (χ3n) is 3.69. The Balaban J connectivity index is 1.84. The van der Waals surface area contributed by atoms with Gasteiger partial charge < -0.3 is 10.2 Å². The van der Waals surface area contributed by atoms with Crippen molar-refractivity contribution in [3.8, 4) is 0 Å². The third kappa shape index (κ3) is 2.84. The van der Waals surface area contributed by atoms with Crippen molar-refractivity contribution in [1.82, 2.24) is 9.88 Å². The van der Waals surface area contributed by atoms with Crippen LogP contribution in [0.25, 0.3) is 0 Å². The van der Waals surface area contributed by atoms with E-state index in [2.05, 4.69) is 10.3 Å². The van der Waals surface area contributed by atoms with Crippen LogP contribution in [0.1, 0.15) is 23.8 Å². The van der Waals surface area contributed by atoms with Gasteiger partial charge in [-0.05, 0) is 17.9 Å². The Hall–Kier alpha value is -1.73. The number of carbonyl (C=O) groups is 2. The molecule has 2 amide bonds. The van der Waals surface area contributed by atoms with Gasteiger partial charge in [0.05, 0.1) is 12.0 Å². The van der Waals surface area contributed by atoms with E-state index in [-0.39, 0.29) is 23.8 Å². The molecule has 0 unspecified atom stereocenters. The van der Waals surface area contributed by atoms with Crippen LogP contribution in [0.5, 0.6) is 0 Å². The molecule has 0 radical (unpaired) electrons. The summed E-state index contributed by atoms with van der Waals surface area (Å²) < 4.78 is 0. The number of amides is 2. The molecule has 1 N–H and O–H groups in total. The van der Waals surface area contributed by atoms with Gasteiger partial charge in [-0.3, -0.25) is 9.59 Å². The predicted molar refractivity (Wildman–Crippen MR) is 83.3 cm³/mol. The van der Waals surface area contributed by atoms with Crippen LogP contribution in [-0.4, -0.2) is 28.7 Å². The first-order valence-corrected chi connectivity index (χ1v) is 8.42. The van der Waals surface area contributed by atoms with Crippen LogP contribution in [0.4, 0.5) is 5.13 Å². The molecule has 5 nitrogen and oxygen atoms in total. The summed E-state index contributed by atoms with van der Waals surface area (Å²) in [6.07, 6.45) is 2.64. The summed E-state index contributed by atoms with van der Waals surface area (Å²) in [6, 6.07) is 3.74. The Kier molecular flexibility index (Phi) is 4.03. The summed E-state index contributed by atoms with van der Waals surface area (Å²) in [6.45, 7) is 0. The maximum atomic E-state index is 12.5. The molecule has 3 heterocycles. The fourth-order valence-corrected chi connectivity index (χ4v) is 4.11. The van der Waals surface area contributed by atoms with Gasteiger partial charge in [0.1, 0.15) is 0 Å². The molecule has 0 bridgehead atoms. The van der Waals surface area contributed by atoms with E-state index in [9.17, 15) is 9.59 Å². The lowest BCUT2D eigenvalue weighted by atomic mass is 9.87. The van der Waals surface area contributed by atoms with Gasteiger partial charge in [0.2, 0.25) is 11.8 Å². The molecule has 0 spiro atoms. The maximum absolute atomic E-state index is 12.5. The second-order valence-electron chi connectivity index (χ2n) is 4.94. The highest BCUT2D eigenvalue weighted by Crippen LogP contribution is 2.38. The van der Waals surface area contributed by atoms with E-state index in [0.717, 1.165) is 4.88 Å². The van der Waals surface area contributed by atoms with Crippen molar-refractivity contribution >= 4 is 39.6 Å². The topological polar surface area (TPSA) is 62.3 Å². The first kappa shape index (κ1) is 14.2. The zero-order valence-electron chi connectivity index (χ0n) is 11.5. The molecular formula is C14H15N3O2S2. The van der Waals surface area contributed by atoms with Gasteiger partial charge >= 0.3 is 0 Å². The molecule has 0 saturated carbocycles. The van der Waals surface area contributed by atoms with Crippen molar-refractivity contribution in [3.05, 3.63) is 34.0 Å². The predicted octanol–water partition coefficient (Wildman–Crippen LogP) is 2.75. The van der Waals surface area contributed by atoms with Crippen molar-refractivity contribution < 1.29 is 9.59 Å². The molecule has 1 fully saturated rings. The second-order valence-corrected chi connectivity index (χ2v) is 6.81. The summed E-state index contributed by atoms with van der Waals surface area (Å²) >= 11 is 2.97. The van der Waals surface area contributed by atoms with E-state index in [1.54, 1.807) is 29.5 Å². The van der Waals surface area contributed by atoms with Crippen molar-refractivity contribution in [2.75, 3.05) is 12.4 Å². The van der Waals surface area contributed by atoms with Gasteiger partial charge in [0.25, 0.3) is 0 Å². The highest BCUT2D eigenvalue weighted by atomic mass is 32.1. The number of thiazole rings is 1. The minimum atomic E-state index is -0.241. The number of thiophene rings is 1. The van der Waals surface area contributed by atoms with Gasteiger partial charge in [0, 0.05) is 29.9 Å². The number of nitrogens with one attached hydrogen (secondary N) is 1. The van der Waals surface area contributed by atoms with Crippen molar-refractivity contribution in [2.24, 2.45) is 5.92 Å². The van der Waals surface area contributed by atoms with E-state index in [1.807, 2.05) is 22.9 Å². The number of carbonyl (C=O) groups excluding carboxylic acids is 2. The molecule has 1 aliphatic heterocycles. The SMILES string of the molecule is CN1C(=O)CC[C@H](C(=O)Nc2nccs2)[C@H]1c1cccs1. The molecule has 0 aromatic carbocycles. The smallest absolute Gasteiger partial charge is 0.231 e. The molecule has 7 heteroatoms. The van der Waals surface area contributed by atoms with E-state index < -0.39 is 0 Å². The van der Waals surface area contributed by atoms with Gasteiger partial charge in [-0.2, -0.15) is 0 Å². The summed E-state index contributed by atoms with van der Waals surface area (Å²) in [5, 5.41) is 7.25. The average molecular weight is 321 g/mol. The van der Waals surface area contributed by atoms with Crippen LogP contribution in [0, 0.1) is 5.92 Å². The Bertz CT molecular complexity index is 625. The van der Waals surface area contributed by atoms with E-state index in [1.165, 1.54) is 11.3 Å². The van der Waals surface area contributed by atoms with Gasteiger partial charge in [-0.1, -0.05) is 6.07 Å². The molecule has 2 aromatic rings. The minimum Gasteiger partial charge on any atom is -0.337 e. The Labute approximate surface area is 130 Å². The summed E-state index contributed by atoms with van der Waals surface area (Å²) in [5.41, 5.74) is 0. The molecule has 1 aliphatic rings. The zero-order chi connectivity index (χ0) is 14.8. The first-order valence-electron chi connectivity index (χ1n) is 6.66. The highest BCUT2D eigenvalue weighted by molar-refractivity contribution is 7.13. The second kappa shape index (κ2) is 5.95. The normalized spacial score (nSPS) is 22.3. The van der Waals surface area contributed by atoms with Crippen molar-refractivity contribution in [3.63, 3.8) is 0 Å². The zero-order valence-corrected chi connectivity index (χ0v) is 13.1. The number of nitrogens with zero attached hydrogens (tertiary/aromatic N) is 2. The summed E-state index contributed by atoms with van der Waals surface area (Å²) in [4.78, 5) is 31.3.